The number of carbonyl (C=O) groups excluding carboxylic acids is 2. The van der Waals surface area contributed by atoms with Gasteiger partial charge in [-0.25, -0.2) is 18.3 Å². The van der Waals surface area contributed by atoms with Crippen LogP contribution in [0.25, 0.3) is 5.65 Å². The number of pyridine rings is 1. The molecule has 180 valence electrons. The first kappa shape index (κ1) is 23.5. The van der Waals surface area contributed by atoms with Gasteiger partial charge in [0.25, 0.3) is 18.2 Å². The minimum absolute atomic E-state index is 0.0783. The van der Waals surface area contributed by atoms with Gasteiger partial charge in [-0.05, 0) is 49.1 Å². The molecule has 3 aromatic rings. The summed E-state index contributed by atoms with van der Waals surface area (Å²) in [7, 11) is 0. The number of carbonyl (C=O) groups is 2. The lowest BCUT2D eigenvalue weighted by atomic mass is 10.1. The zero-order valence-electron chi connectivity index (χ0n) is 19.1. The number of anilines is 1. The highest BCUT2D eigenvalue weighted by molar-refractivity contribution is 5.93. The van der Waals surface area contributed by atoms with Gasteiger partial charge in [-0.2, -0.15) is 0 Å². The zero-order chi connectivity index (χ0) is 24.2. The number of aromatic nitrogens is 4. The fraction of sp³-hybridized carbons (Fsp3) is 0.435. The van der Waals surface area contributed by atoms with Crippen LogP contribution in [0.15, 0.2) is 30.6 Å². The largest absolute Gasteiger partial charge is 0.353 e. The molecular weight excluding hydrogens is 444 g/mol. The van der Waals surface area contributed by atoms with Crippen molar-refractivity contribution in [2.24, 2.45) is 0 Å². The van der Waals surface area contributed by atoms with E-state index < -0.39 is 18.9 Å². The molecule has 1 aliphatic heterocycles. The Morgan fingerprint density at radius 3 is 2.76 bits per heavy atom. The Kier molecular flexibility index (Phi) is 6.99. The molecule has 3 aromatic heterocycles. The normalized spacial score (nSPS) is 15.8. The third-order valence-corrected chi connectivity index (χ3v) is 5.82. The van der Waals surface area contributed by atoms with Crippen molar-refractivity contribution < 1.29 is 18.4 Å². The molecular formula is C23H27F2N7O2. The highest BCUT2D eigenvalue weighted by Gasteiger charge is 2.26. The van der Waals surface area contributed by atoms with Crippen molar-refractivity contribution in [2.75, 3.05) is 24.5 Å². The number of nitrogens with one attached hydrogen (secondary N) is 2. The maximum Gasteiger partial charge on any atom is 0.271 e. The van der Waals surface area contributed by atoms with Gasteiger partial charge in [-0.3, -0.25) is 14.6 Å². The molecule has 0 unspecified atom stereocenters. The van der Waals surface area contributed by atoms with Gasteiger partial charge >= 0.3 is 0 Å². The van der Waals surface area contributed by atoms with Crippen molar-refractivity contribution in [3.8, 4) is 0 Å². The average Bonchev–Trinajstić information content (AvgIpc) is 3.45. The SMILES string of the molecule is CCCc1cnc(C(=O)N[C@H]2CCN(c3ccc4ncc(C(=O)NCC(F)F)n4n3)C2)cc1C. The predicted molar refractivity (Wildman–Crippen MR) is 122 cm³/mol. The lowest BCUT2D eigenvalue weighted by Crippen LogP contribution is -2.37. The van der Waals surface area contributed by atoms with Crippen molar-refractivity contribution in [2.45, 2.75) is 45.6 Å². The number of fused-ring (bicyclic) bond motifs is 1. The highest BCUT2D eigenvalue weighted by Crippen LogP contribution is 2.20. The van der Waals surface area contributed by atoms with Crippen LogP contribution in [0.1, 0.15) is 51.9 Å². The van der Waals surface area contributed by atoms with Crippen LogP contribution in [0.2, 0.25) is 0 Å². The van der Waals surface area contributed by atoms with Crippen LogP contribution in [0.4, 0.5) is 14.6 Å². The summed E-state index contributed by atoms with van der Waals surface area (Å²) >= 11 is 0. The Balaban J connectivity index is 1.42. The van der Waals surface area contributed by atoms with E-state index in [2.05, 4.69) is 32.6 Å². The van der Waals surface area contributed by atoms with Gasteiger partial charge in [-0.1, -0.05) is 13.3 Å². The topological polar surface area (TPSA) is 105 Å². The van der Waals surface area contributed by atoms with Gasteiger partial charge in [0.05, 0.1) is 12.7 Å². The molecule has 34 heavy (non-hydrogen) atoms. The Morgan fingerprint density at radius 1 is 1.21 bits per heavy atom. The maximum absolute atomic E-state index is 12.7. The van der Waals surface area contributed by atoms with Crippen molar-refractivity contribution in [3.05, 3.63) is 53.1 Å². The van der Waals surface area contributed by atoms with Gasteiger partial charge < -0.3 is 15.5 Å². The molecule has 2 amide bonds. The van der Waals surface area contributed by atoms with E-state index >= 15 is 0 Å². The average molecular weight is 472 g/mol. The van der Waals surface area contributed by atoms with E-state index in [1.54, 1.807) is 18.3 Å². The second-order valence-corrected chi connectivity index (χ2v) is 8.36. The van der Waals surface area contributed by atoms with Crippen LogP contribution >= 0.6 is 0 Å². The van der Waals surface area contributed by atoms with E-state index in [9.17, 15) is 18.4 Å². The lowest BCUT2D eigenvalue weighted by Gasteiger charge is -2.18. The third kappa shape index (κ3) is 5.13. The van der Waals surface area contributed by atoms with E-state index in [1.807, 2.05) is 17.9 Å². The van der Waals surface area contributed by atoms with Crippen LogP contribution in [0, 0.1) is 6.92 Å². The number of alkyl halides is 2. The van der Waals surface area contributed by atoms with Gasteiger partial charge in [0.1, 0.15) is 11.5 Å². The molecule has 4 rings (SSSR count). The number of nitrogens with zero attached hydrogens (tertiary/aromatic N) is 5. The van der Waals surface area contributed by atoms with Crippen molar-refractivity contribution in [3.63, 3.8) is 0 Å². The van der Waals surface area contributed by atoms with E-state index in [1.165, 1.54) is 10.7 Å². The third-order valence-electron chi connectivity index (χ3n) is 5.82. The second kappa shape index (κ2) is 10.1. The van der Waals surface area contributed by atoms with Crippen LogP contribution in [0.5, 0.6) is 0 Å². The molecule has 1 aliphatic rings. The van der Waals surface area contributed by atoms with Crippen molar-refractivity contribution >= 4 is 23.3 Å². The monoisotopic (exact) mass is 471 g/mol. The molecule has 0 spiro atoms. The maximum atomic E-state index is 12.7. The molecule has 0 aliphatic carbocycles. The zero-order valence-corrected chi connectivity index (χ0v) is 19.1. The first-order chi connectivity index (χ1) is 16.4. The molecule has 11 heteroatoms. The molecule has 0 bridgehead atoms. The Morgan fingerprint density at radius 2 is 2.03 bits per heavy atom. The standard InChI is InChI=1S/C23H27F2N7O2/c1-3-4-15-10-26-17(9-14(15)2)22(33)29-16-7-8-31(13-16)21-6-5-20-27-11-18(32(20)30-21)23(34)28-12-19(24)25/h5-6,9-11,16,19H,3-4,7-8,12-13H2,1-2H3,(H,28,34)(H,29,33)/t16-/m0/s1. The molecule has 1 atom stereocenters. The Hall–Kier alpha value is -3.63. The first-order valence-electron chi connectivity index (χ1n) is 11.3. The highest BCUT2D eigenvalue weighted by atomic mass is 19.3. The van der Waals surface area contributed by atoms with Gasteiger partial charge in [-0.15, -0.1) is 5.10 Å². The number of amides is 2. The fourth-order valence-corrected chi connectivity index (χ4v) is 4.03. The van der Waals surface area contributed by atoms with Crippen LogP contribution in [0.3, 0.4) is 0 Å². The molecule has 1 fully saturated rings. The molecule has 4 heterocycles. The van der Waals surface area contributed by atoms with Crippen molar-refractivity contribution in [1.29, 1.82) is 0 Å². The fourth-order valence-electron chi connectivity index (χ4n) is 4.03. The molecule has 9 nitrogen and oxygen atoms in total. The van der Waals surface area contributed by atoms with E-state index in [0.29, 0.717) is 30.2 Å². The van der Waals surface area contributed by atoms with Gasteiger partial charge in [0, 0.05) is 25.3 Å². The van der Waals surface area contributed by atoms with Gasteiger partial charge in [0.15, 0.2) is 11.3 Å². The lowest BCUT2D eigenvalue weighted by molar-refractivity contribution is 0.0884. The summed E-state index contributed by atoms with van der Waals surface area (Å²) in [5.41, 5.74) is 3.11. The molecule has 0 aromatic carbocycles. The van der Waals surface area contributed by atoms with Gasteiger partial charge in [0.2, 0.25) is 0 Å². The first-order valence-corrected chi connectivity index (χ1v) is 11.3. The van der Waals surface area contributed by atoms with E-state index in [0.717, 1.165) is 30.4 Å². The Bertz CT molecular complexity index is 1200. The number of hydrogen-bond donors (Lipinski definition) is 2. The summed E-state index contributed by atoms with van der Waals surface area (Å²) in [5, 5.41) is 9.69. The second-order valence-electron chi connectivity index (χ2n) is 8.36. The van der Waals surface area contributed by atoms with Crippen LogP contribution in [-0.4, -0.2) is 63.5 Å². The predicted octanol–water partition coefficient (Wildman–Crippen LogP) is 2.39. The molecule has 0 radical (unpaired) electrons. The number of imidazole rings is 1. The van der Waals surface area contributed by atoms with Crippen LogP contribution in [-0.2, 0) is 6.42 Å². The quantitative estimate of drug-likeness (QED) is 0.523. The Labute approximate surface area is 195 Å². The van der Waals surface area contributed by atoms with Crippen molar-refractivity contribution in [1.82, 2.24) is 30.2 Å². The minimum atomic E-state index is -2.64. The number of aryl methyl sites for hydroxylation is 2. The van der Waals surface area contributed by atoms with E-state index in [-0.39, 0.29) is 17.6 Å². The molecule has 2 N–H and O–H groups in total. The number of halogens is 2. The van der Waals surface area contributed by atoms with Crippen LogP contribution < -0.4 is 15.5 Å². The van der Waals surface area contributed by atoms with E-state index in [4.69, 9.17) is 0 Å². The summed E-state index contributed by atoms with van der Waals surface area (Å²) in [5.74, 6) is -0.284. The summed E-state index contributed by atoms with van der Waals surface area (Å²) < 4.78 is 26.2. The summed E-state index contributed by atoms with van der Waals surface area (Å²) in [6.07, 6.45) is 3.12. The smallest absolute Gasteiger partial charge is 0.271 e. The minimum Gasteiger partial charge on any atom is -0.353 e. The number of rotatable bonds is 8. The number of hydrogen-bond acceptors (Lipinski definition) is 6. The molecule has 0 saturated carbocycles. The summed E-state index contributed by atoms with van der Waals surface area (Å²) in [6, 6.07) is 5.23. The summed E-state index contributed by atoms with van der Waals surface area (Å²) in [4.78, 5) is 35.4. The molecule has 1 saturated heterocycles. The summed E-state index contributed by atoms with van der Waals surface area (Å²) in [6.45, 7) is 4.55.